The molecule has 1 saturated heterocycles. The minimum absolute atomic E-state index is 0.147. The minimum atomic E-state index is 0.147. The van der Waals surface area contributed by atoms with Crippen molar-refractivity contribution >= 4 is 29.1 Å². The van der Waals surface area contributed by atoms with Crippen LogP contribution in [0.5, 0.6) is 5.88 Å². The van der Waals surface area contributed by atoms with Crippen molar-refractivity contribution in [3.05, 3.63) is 40.1 Å². The fourth-order valence-electron chi connectivity index (χ4n) is 3.11. The summed E-state index contributed by atoms with van der Waals surface area (Å²) in [4.78, 5) is 19.7. The zero-order chi connectivity index (χ0) is 19.2. The lowest BCUT2D eigenvalue weighted by Gasteiger charge is -2.13. The van der Waals surface area contributed by atoms with Gasteiger partial charge in [0.1, 0.15) is 5.15 Å². The van der Waals surface area contributed by atoms with Crippen LogP contribution >= 0.6 is 23.2 Å². The van der Waals surface area contributed by atoms with E-state index in [4.69, 9.17) is 27.9 Å². The summed E-state index contributed by atoms with van der Waals surface area (Å²) < 4.78 is 5.46. The largest absolute Gasteiger partial charge is 0.481 e. The van der Waals surface area contributed by atoms with Crippen LogP contribution in [0.2, 0.25) is 10.2 Å². The molecule has 27 heavy (non-hydrogen) atoms. The summed E-state index contributed by atoms with van der Waals surface area (Å²) in [6.07, 6.45) is 4.93. The maximum absolute atomic E-state index is 11.2. The van der Waals surface area contributed by atoms with Crippen LogP contribution in [0.15, 0.2) is 24.4 Å². The lowest BCUT2D eigenvalue weighted by atomic mass is 10.1. The van der Waals surface area contributed by atoms with Crippen molar-refractivity contribution in [1.29, 1.82) is 0 Å². The van der Waals surface area contributed by atoms with Gasteiger partial charge in [0.25, 0.3) is 0 Å². The fourth-order valence-corrected chi connectivity index (χ4v) is 3.48. The van der Waals surface area contributed by atoms with E-state index < -0.39 is 0 Å². The van der Waals surface area contributed by atoms with Crippen LogP contribution in [0.1, 0.15) is 24.8 Å². The third kappa shape index (κ3) is 5.09. The molecular formula is C19H22Cl2N4O2. The number of nitrogens with zero attached hydrogens (tertiary/aromatic N) is 2. The molecule has 0 unspecified atom stereocenters. The number of ether oxygens (including phenoxy) is 1. The average Bonchev–Trinajstić information content (AvgIpc) is 3.09. The fraction of sp³-hybridized carbons (Fsp3) is 0.421. The van der Waals surface area contributed by atoms with E-state index in [2.05, 4.69) is 20.6 Å². The molecule has 1 aliphatic heterocycles. The predicted molar refractivity (Wildman–Crippen MR) is 106 cm³/mol. The van der Waals surface area contributed by atoms with Crippen LogP contribution < -0.4 is 15.4 Å². The third-order valence-corrected chi connectivity index (χ3v) is 5.30. The molecule has 6 nitrogen and oxygen atoms in total. The van der Waals surface area contributed by atoms with E-state index in [1.54, 1.807) is 19.4 Å². The number of carbonyl (C=O) groups is 1. The SMILES string of the molecule is COc1nc(-c2ccnc(Cl)c2Cl)ccc1CCCNC[C@@H]1CCC(=O)N1. The molecule has 144 valence electrons. The number of hydrogen-bond acceptors (Lipinski definition) is 5. The molecule has 8 heteroatoms. The number of methoxy groups -OCH3 is 1. The molecule has 0 aliphatic carbocycles. The molecule has 3 rings (SSSR count). The molecule has 0 saturated carbocycles. The molecule has 0 spiro atoms. The van der Waals surface area contributed by atoms with Crippen molar-refractivity contribution in [3.8, 4) is 17.1 Å². The molecule has 0 bridgehead atoms. The highest BCUT2D eigenvalue weighted by atomic mass is 35.5. The van der Waals surface area contributed by atoms with Gasteiger partial charge in [-0.1, -0.05) is 29.3 Å². The van der Waals surface area contributed by atoms with E-state index in [0.717, 1.165) is 43.5 Å². The van der Waals surface area contributed by atoms with Gasteiger partial charge in [0.05, 0.1) is 17.8 Å². The Morgan fingerprint density at radius 1 is 1.33 bits per heavy atom. The summed E-state index contributed by atoms with van der Waals surface area (Å²) >= 11 is 12.2. The summed E-state index contributed by atoms with van der Waals surface area (Å²) in [6, 6.07) is 5.95. The maximum atomic E-state index is 11.2. The zero-order valence-corrected chi connectivity index (χ0v) is 16.6. The number of rotatable bonds is 8. The molecule has 2 aromatic heterocycles. The zero-order valence-electron chi connectivity index (χ0n) is 15.1. The first-order valence-electron chi connectivity index (χ1n) is 8.93. The van der Waals surface area contributed by atoms with Crippen molar-refractivity contribution in [1.82, 2.24) is 20.6 Å². The number of pyridine rings is 2. The number of carbonyl (C=O) groups excluding carboxylic acids is 1. The highest BCUT2D eigenvalue weighted by Gasteiger charge is 2.19. The van der Waals surface area contributed by atoms with Crippen molar-refractivity contribution in [3.63, 3.8) is 0 Å². The molecule has 2 N–H and O–H groups in total. The summed E-state index contributed by atoms with van der Waals surface area (Å²) in [7, 11) is 1.61. The molecule has 0 radical (unpaired) electrons. The second-order valence-corrected chi connectivity index (χ2v) is 7.17. The van der Waals surface area contributed by atoms with Crippen molar-refractivity contribution in [2.45, 2.75) is 31.7 Å². The van der Waals surface area contributed by atoms with Gasteiger partial charge in [0, 0.05) is 36.3 Å². The Hall–Kier alpha value is -1.89. The maximum Gasteiger partial charge on any atom is 0.220 e. The van der Waals surface area contributed by atoms with Crippen LogP contribution in [0, 0.1) is 0 Å². The monoisotopic (exact) mass is 408 g/mol. The van der Waals surface area contributed by atoms with E-state index in [1.807, 2.05) is 12.1 Å². The predicted octanol–water partition coefficient (Wildman–Crippen LogP) is 3.26. The van der Waals surface area contributed by atoms with E-state index in [0.29, 0.717) is 23.0 Å². The first-order valence-corrected chi connectivity index (χ1v) is 9.68. The molecule has 2 aromatic rings. The Morgan fingerprint density at radius 2 is 2.19 bits per heavy atom. The molecule has 1 amide bonds. The third-order valence-electron chi connectivity index (χ3n) is 4.53. The number of nitrogens with one attached hydrogen (secondary N) is 2. The average molecular weight is 409 g/mol. The van der Waals surface area contributed by atoms with E-state index in [9.17, 15) is 4.79 Å². The van der Waals surface area contributed by atoms with Crippen LogP contribution in [0.3, 0.4) is 0 Å². The number of amides is 1. The number of aromatic nitrogens is 2. The molecule has 1 fully saturated rings. The molecule has 1 atom stereocenters. The van der Waals surface area contributed by atoms with Gasteiger partial charge in [-0.3, -0.25) is 4.79 Å². The van der Waals surface area contributed by atoms with Crippen LogP contribution in [-0.4, -0.2) is 42.1 Å². The molecule has 1 aliphatic rings. The van der Waals surface area contributed by atoms with Crippen LogP contribution in [0.4, 0.5) is 0 Å². The van der Waals surface area contributed by atoms with Crippen molar-refractivity contribution in [2.24, 2.45) is 0 Å². The Morgan fingerprint density at radius 3 is 2.93 bits per heavy atom. The van der Waals surface area contributed by atoms with Gasteiger partial charge >= 0.3 is 0 Å². The molecule has 0 aromatic carbocycles. The summed E-state index contributed by atoms with van der Waals surface area (Å²) in [5, 5.41) is 6.98. The first kappa shape index (κ1) is 19.9. The lowest BCUT2D eigenvalue weighted by molar-refractivity contribution is -0.119. The van der Waals surface area contributed by atoms with Gasteiger partial charge in [0.2, 0.25) is 11.8 Å². The number of hydrogen-bond donors (Lipinski definition) is 2. The van der Waals surface area contributed by atoms with E-state index in [-0.39, 0.29) is 17.1 Å². The Kier molecular flexibility index (Phi) is 6.88. The lowest BCUT2D eigenvalue weighted by Crippen LogP contribution is -2.36. The van der Waals surface area contributed by atoms with Crippen LogP contribution in [0.25, 0.3) is 11.3 Å². The highest BCUT2D eigenvalue weighted by molar-refractivity contribution is 6.42. The van der Waals surface area contributed by atoms with Crippen LogP contribution in [-0.2, 0) is 11.2 Å². The molecule has 3 heterocycles. The van der Waals surface area contributed by atoms with Crippen molar-refractivity contribution < 1.29 is 9.53 Å². The van der Waals surface area contributed by atoms with Gasteiger partial charge in [-0.2, -0.15) is 0 Å². The molecular weight excluding hydrogens is 387 g/mol. The standard InChI is InChI=1S/C19H22Cl2N4O2/c1-27-19-12(3-2-9-22-11-13-5-7-16(26)24-13)4-6-15(25-19)14-8-10-23-18(21)17(14)20/h4,6,8,10,13,22H,2-3,5,7,9,11H2,1H3,(H,24,26)/t13-/m0/s1. The topological polar surface area (TPSA) is 76.1 Å². The van der Waals surface area contributed by atoms with Crippen molar-refractivity contribution in [2.75, 3.05) is 20.2 Å². The summed E-state index contributed by atoms with van der Waals surface area (Å²) in [5.41, 5.74) is 2.45. The van der Waals surface area contributed by atoms with E-state index >= 15 is 0 Å². The second-order valence-electron chi connectivity index (χ2n) is 6.44. The van der Waals surface area contributed by atoms with Gasteiger partial charge in [-0.05, 0) is 37.9 Å². The quantitative estimate of drug-likeness (QED) is 0.517. The normalized spacial score (nSPS) is 16.4. The Balaban J connectivity index is 1.56. The van der Waals surface area contributed by atoms with Gasteiger partial charge in [-0.15, -0.1) is 0 Å². The Bertz CT molecular complexity index is 816. The minimum Gasteiger partial charge on any atom is -0.481 e. The second kappa shape index (κ2) is 9.35. The first-order chi connectivity index (χ1) is 13.1. The smallest absolute Gasteiger partial charge is 0.220 e. The van der Waals surface area contributed by atoms with Gasteiger partial charge < -0.3 is 15.4 Å². The Labute approximate surface area is 168 Å². The number of aryl methyl sites for hydroxylation is 1. The summed E-state index contributed by atoms with van der Waals surface area (Å²) in [5.74, 6) is 0.729. The van der Waals surface area contributed by atoms with Gasteiger partial charge in [-0.25, -0.2) is 9.97 Å². The number of halogens is 2. The van der Waals surface area contributed by atoms with Gasteiger partial charge in [0.15, 0.2) is 0 Å². The highest BCUT2D eigenvalue weighted by Crippen LogP contribution is 2.32. The summed E-state index contributed by atoms with van der Waals surface area (Å²) in [6.45, 7) is 1.67. The van der Waals surface area contributed by atoms with E-state index in [1.165, 1.54) is 0 Å².